The summed E-state index contributed by atoms with van der Waals surface area (Å²) in [7, 11) is 3.96. The zero-order chi connectivity index (χ0) is 19.2. The highest BCUT2D eigenvalue weighted by Crippen LogP contribution is 2.17. The highest BCUT2D eigenvalue weighted by Gasteiger charge is 2.08. The van der Waals surface area contributed by atoms with E-state index >= 15 is 0 Å². The van der Waals surface area contributed by atoms with Gasteiger partial charge in [-0.05, 0) is 54.4 Å². The van der Waals surface area contributed by atoms with Crippen molar-refractivity contribution < 1.29 is 4.79 Å². The molecule has 0 bridgehead atoms. The van der Waals surface area contributed by atoms with Gasteiger partial charge in [0.1, 0.15) is 5.69 Å². The minimum absolute atomic E-state index is 0.224. The number of nitrogens with zero attached hydrogens (tertiary/aromatic N) is 2. The van der Waals surface area contributed by atoms with E-state index in [0.29, 0.717) is 5.69 Å². The maximum atomic E-state index is 12.4. The summed E-state index contributed by atoms with van der Waals surface area (Å²) in [6.07, 6.45) is 1.68. The number of hydrogen-bond acceptors (Lipinski definition) is 4. The molecule has 5 heteroatoms. The smallest absolute Gasteiger partial charge is 0.274 e. The Morgan fingerprint density at radius 1 is 0.963 bits per heavy atom. The van der Waals surface area contributed by atoms with Gasteiger partial charge in [-0.25, -0.2) is 4.98 Å². The second kappa shape index (κ2) is 8.36. The maximum Gasteiger partial charge on any atom is 0.274 e. The van der Waals surface area contributed by atoms with Crippen molar-refractivity contribution in [2.45, 2.75) is 13.5 Å². The Morgan fingerprint density at radius 2 is 1.67 bits per heavy atom. The van der Waals surface area contributed by atoms with Gasteiger partial charge in [0.05, 0.1) is 11.9 Å². The van der Waals surface area contributed by atoms with Crippen LogP contribution in [0.4, 0.5) is 17.1 Å². The van der Waals surface area contributed by atoms with Crippen molar-refractivity contribution in [3.05, 3.63) is 83.7 Å². The fourth-order valence-electron chi connectivity index (χ4n) is 2.68. The van der Waals surface area contributed by atoms with Crippen LogP contribution in [0.2, 0.25) is 0 Å². The van der Waals surface area contributed by atoms with Crippen LogP contribution in [0.1, 0.15) is 21.6 Å². The molecule has 0 aliphatic heterocycles. The van der Waals surface area contributed by atoms with Crippen LogP contribution >= 0.6 is 0 Å². The number of amides is 1. The van der Waals surface area contributed by atoms with E-state index in [0.717, 1.165) is 23.6 Å². The van der Waals surface area contributed by atoms with Crippen LogP contribution in [-0.4, -0.2) is 25.0 Å². The number of carbonyl (C=O) groups is 1. The minimum Gasteiger partial charge on any atom is -0.380 e. The van der Waals surface area contributed by atoms with E-state index in [-0.39, 0.29) is 5.91 Å². The molecular weight excluding hydrogens is 336 g/mol. The van der Waals surface area contributed by atoms with Crippen molar-refractivity contribution in [1.29, 1.82) is 0 Å². The zero-order valence-electron chi connectivity index (χ0n) is 15.9. The van der Waals surface area contributed by atoms with Gasteiger partial charge < -0.3 is 15.5 Å². The van der Waals surface area contributed by atoms with Crippen molar-refractivity contribution in [3.63, 3.8) is 0 Å². The topological polar surface area (TPSA) is 57.3 Å². The monoisotopic (exact) mass is 360 g/mol. The Hall–Kier alpha value is -3.34. The van der Waals surface area contributed by atoms with Gasteiger partial charge in [-0.1, -0.05) is 24.3 Å². The van der Waals surface area contributed by atoms with Crippen LogP contribution in [0.3, 0.4) is 0 Å². The Kier molecular flexibility index (Phi) is 5.71. The molecule has 0 radical (unpaired) electrons. The van der Waals surface area contributed by atoms with Crippen molar-refractivity contribution in [2.75, 3.05) is 29.6 Å². The number of pyridine rings is 1. The van der Waals surface area contributed by atoms with E-state index in [1.165, 1.54) is 11.1 Å². The van der Waals surface area contributed by atoms with Gasteiger partial charge in [0.25, 0.3) is 5.91 Å². The summed E-state index contributed by atoms with van der Waals surface area (Å²) in [4.78, 5) is 18.6. The number of benzene rings is 2. The average Bonchev–Trinajstić information content (AvgIpc) is 2.68. The Labute approximate surface area is 160 Å². The van der Waals surface area contributed by atoms with Crippen LogP contribution in [0, 0.1) is 6.92 Å². The van der Waals surface area contributed by atoms with Crippen LogP contribution in [0.5, 0.6) is 0 Å². The summed E-state index contributed by atoms with van der Waals surface area (Å²) >= 11 is 0. The lowest BCUT2D eigenvalue weighted by Gasteiger charge is -2.13. The highest BCUT2D eigenvalue weighted by atomic mass is 16.1. The first-order chi connectivity index (χ1) is 13.0. The highest BCUT2D eigenvalue weighted by molar-refractivity contribution is 6.03. The van der Waals surface area contributed by atoms with E-state index in [9.17, 15) is 4.79 Å². The second-order valence-corrected chi connectivity index (χ2v) is 6.61. The van der Waals surface area contributed by atoms with E-state index in [1.807, 2.05) is 61.5 Å². The van der Waals surface area contributed by atoms with Crippen molar-refractivity contribution in [1.82, 2.24) is 4.98 Å². The molecule has 5 nitrogen and oxygen atoms in total. The second-order valence-electron chi connectivity index (χ2n) is 6.61. The molecule has 0 saturated carbocycles. The summed E-state index contributed by atoms with van der Waals surface area (Å²) in [6, 6.07) is 19.5. The minimum atomic E-state index is -0.224. The normalized spacial score (nSPS) is 10.3. The molecule has 3 aromatic rings. The van der Waals surface area contributed by atoms with Gasteiger partial charge >= 0.3 is 0 Å². The van der Waals surface area contributed by atoms with Crippen molar-refractivity contribution >= 4 is 23.0 Å². The predicted molar refractivity (Wildman–Crippen MR) is 111 cm³/mol. The summed E-state index contributed by atoms with van der Waals surface area (Å²) in [6.45, 7) is 2.81. The molecule has 0 saturated heterocycles. The number of anilines is 3. The Bertz CT molecular complexity index is 902. The molecule has 2 N–H and O–H groups in total. The molecule has 27 heavy (non-hydrogen) atoms. The molecule has 138 valence electrons. The molecule has 0 fully saturated rings. The Morgan fingerprint density at radius 3 is 2.30 bits per heavy atom. The molecule has 0 aliphatic rings. The van der Waals surface area contributed by atoms with Gasteiger partial charge in [-0.3, -0.25) is 4.79 Å². The van der Waals surface area contributed by atoms with Gasteiger partial charge in [0.2, 0.25) is 0 Å². The van der Waals surface area contributed by atoms with E-state index < -0.39 is 0 Å². The summed E-state index contributed by atoms with van der Waals surface area (Å²) < 4.78 is 0. The van der Waals surface area contributed by atoms with E-state index in [4.69, 9.17) is 0 Å². The van der Waals surface area contributed by atoms with Gasteiger partial charge in [0.15, 0.2) is 0 Å². The van der Waals surface area contributed by atoms with Gasteiger partial charge in [0, 0.05) is 32.0 Å². The molecule has 1 aromatic heterocycles. The average molecular weight is 360 g/mol. The summed E-state index contributed by atoms with van der Waals surface area (Å²) in [5.41, 5.74) is 5.57. The summed E-state index contributed by atoms with van der Waals surface area (Å²) in [5, 5.41) is 6.20. The number of nitrogens with one attached hydrogen (secondary N) is 2. The molecule has 1 amide bonds. The third kappa shape index (κ3) is 4.85. The molecule has 0 unspecified atom stereocenters. The van der Waals surface area contributed by atoms with Crippen molar-refractivity contribution in [2.24, 2.45) is 0 Å². The SMILES string of the molecule is Cc1ccccc1CNc1ccc(C(=O)Nc2ccc(N(C)C)cc2)nc1. The number of aryl methyl sites for hydroxylation is 1. The molecule has 1 heterocycles. The van der Waals surface area contributed by atoms with Crippen LogP contribution < -0.4 is 15.5 Å². The summed E-state index contributed by atoms with van der Waals surface area (Å²) in [5.74, 6) is -0.224. The fraction of sp³-hybridized carbons (Fsp3) is 0.182. The van der Waals surface area contributed by atoms with Crippen LogP contribution in [0.15, 0.2) is 66.9 Å². The molecule has 0 atom stereocenters. The molecule has 0 aliphatic carbocycles. The quantitative estimate of drug-likeness (QED) is 0.687. The Balaban J connectivity index is 1.59. The van der Waals surface area contributed by atoms with Gasteiger partial charge in [-0.2, -0.15) is 0 Å². The molecular formula is C22H24N4O. The first-order valence-electron chi connectivity index (χ1n) is 8.86. The van der Waals surface area contributed by atoms with Gasteiger partial charge in [-0.15, -0.1) is 0 Å². The predicted octanol–water partition coefficient (Wildman–Crippen LogP) is 4.32. The maximum absolute atomic E-state index is 12.4. The lowest BCUT2D eigenvalue weighted by molar-refractivity contribution is 0.102. The lowest BCUT2D eigenvalue weighted by atomic mass is 10.1. The van der Waals surface area contributed by atoms with Crippen molar-refractivity contribution in [3.8, 4) is 0 Å². The first kappa shape index (κ1) is 18.5. The standard InChI is InChI=1S/C22H24N4O/c1-16-6-4-5-7-17(16)14-23-19-10-13-21(24-15-19)22(27)25-18-8-11-20(12-9-18)26(2)3/h4-13,15,23H,14H2,1-3H3,(H,25,27). The number of hydrogen-bond donors (Lipinski definition) is 2. The number of aromatic nitrogens is 1. The largest absolute Gasteiger partial charge is 0.380 e. The molecule has 3 rings (SSSR count). The third-order valence-electron chi connectivity index (χ3n) is 4.38. The molecule has 2 aromatic carbocycles. The number of rotatable bonds is 6. The third-order valence-corrected chi connectivity index (χ3v) is 4.38. The first-order valence-corrected chi connectivity index (χ1v) is 8.86. The van der Waals surface area contributed by atoms with Crippen LogP contribution in [0.25, 0.3) is 0 Å². The fourth-order valence-corrected chi connectivity index (χ4v) is 2.68. The lowest BCUT2D eigenvalue weighted by Crippen LogP contribution is -2.14. The van der Waals surface area contributed by atoms with Crippen LogP contribution in [-0.2, 0) is 6.54 Å². The number of carbonyl (C=O) groups excluding carboxylic acids is 1. The van der Waals surface area contributed by atoms with E-state index in [2.05, 4.69) is 34.7 Å². The zero-order valence-corrected chi connectivity index (χ0v) is 15.9. The molecule has 0 spiro atoms. The van der Waals surface area contributed by atoms with E-state index in [1.54, 1.807) is 12.3 Å².